The van der Waals surface area contributed by atoms with Crippen LogP contribution in [0.15, 0.2) is 60.3 Å². The van der Waals surface area contributed by atoms with Gasteiger partial charge in [0.05, 0.1) is 24.1 Å². The zero-order valence-electron chi connectivity index (χ0n) is 19.7. The van der Waals surface area contributed by atoms with Gasteiger partial charge in [0.1, 0.15) is 23.8 Å². The van der Waals surface area contributed by atoms with Crippen LogP contribution in [-0.4, -0.2) is 16.5 Å². The maximum Gasteiger partial charge on any atom is 0.138 e. The van der Waals surface area contributed by atoms with Crippen LogP contribution >= 0.6 is 11.6 Å². The molecule has 1 fully saturated rings. The number of methoxy groups -OCH3 is 1. The van der Waals surface area contributed by atoms with Crippen LogP contribution in [0.3, 0.4) is 0 Å². The number of allylic oxidation sites excluding steroid dienone is 1. The van der Waals surface area contributed by atoms with Crippen LogP contribution in [0, 0.1) is 23.1 Å². The molecule has 2 aliphatic rings. The normalized spacial score (nSPS) is 16.1. The Morgan fingerprint density at radius 3 is 2.81 bits per heavy atom. The number of nitriles is 1. The summed E-state index contributed by atoms with van der Waals surface area (Å²) in [5, 5.41) is 10.7. The highest BCUT2D eigenvalue weighted by atomic mass is 35.5. The van der Waals surface area contributed by atoms with Crippen molar-refractivity contribution in [2.45, 2.75) is 32.5 Å². The van der Waals surface area contributed by atoms with E-state index in [4.69, 9.17) is 26.1 Å². The second-order valence-corrected chi connectivity index (χ2v) is 9.72. The van der Waals surface area contributed by atoms with Crippen LogP contribution in [0.1, 0.15) is 46.5 Å². The molecule has 0 saturated heterocycles. The number of benzene rings is 2. The van der Waals surface area contributed by atoms with Gasteiger partial charge in [0, 0.05) is 53.6 Å². The largest absolute Gasteiger partial charge is 0.488 e. The fraction of sp³-hybridized carbons (Fsp3) is 0.241. The zero-order chi connectivity index (χ0) is 24.8. The summed E-state index contributed by atoms with van der Waals surface area (Å²) in [6.45, 7) is 0.684. The van der Waals surface area contributed by atoms with E-state index in [1.165, 1.54) is 12.1 Å². The third-order valence-electron chi connectivity index (χ3n) is 6.83. The lowest BCUT2D eigenvalue weighted by Gasteiger charge is -2.14. The van der Waals surface area contributed by atoms with Gasteiger partial charge in [-0.2, -0.15) is 5.26 Å². The molecule has 7 heteroatoms. The first-order chi connectivity index (χ1) is 17.6. The monoisotopic (exact) mass is 499 g/mol. The lowest BCUT2D eigenvalue weighted by Crippen LogP contribution is -2.03. The zero-order valence-corrected chi connectivity index (χ0v) is 20.5. The molecule has 0 spiro atoms. The number of pyridine rings is 1. The number of hydrogen-bond acceptors (Lipinski definition) is 4. The Balaban J connectivity index is 1.46. The molecule has 1 aliphatic carbocycles. The van der Waals surface area contributed by atoms with Crippen molar-refractivity contribution in [3.8, 4) is 11.8 Å². The molecule has 0 atom stereocenters. The van der Waals surface area contributed by atoms with Crippen LogP contribution in [0.5, 0.6) is 5.75 Å². The van der Waals surface area contributed by atoms with Gasteiger partial charge >= 0.3 is 0 Å². The van der Waals surface area contributed by atoms with Gasteiger partial charge in [0.25, 0.3) is 0 Å². The molecule has 1 saturated carbocycles. The third kappa shape index (κ3) is 4.05. The number of halogens is 2. The fourth-order valence-electron chi connectivity index (χ4n) is 5.01. The summed E-state index contributed by atoms with van der Waals surface area (Å²) >= 11 is 6.19. The quantitative estimate of drug-likeness (QED) is 0.294. The minimum absolute atomic E-state index is 0.245. The van der Waals surface area contributed by atoms with Gasteiger partial charge < -0.3 is 13.9 Å². The van der Waals surface area contributed by atoms with E-state index in [1.54, 1.807) is 13.2 Å². The Labute approximate surface area is 213 Å². The number of rotatable bonds is 5. The Morgan fingerprint density at radius 2 is 2.03 bits per heavy atom. The van der Waals surface area contributed by atoms with Gasteiger partial charge in [-0.25, -0.2) is 9.37 Å². The van der Waals surface area contributed by atoms with Crippen LogP contribution in [-0.2, 0) is 24.4 Å². The van der Waals surface area contributed by atoms with E-state index >= 15 is 0 Å². The molecular formula is C29H23ClFN3O2. The highest BCUT2D eigenvalue weighted by Gasteiger charge is 2.32. The van der Waals surface area contributed by atoms with Crippen molar-refractivity contribution >= 4 is 22.8 Å². The Morgan fingerprint density at radius 1 is 1.19 bits per heavy atom. The van der Waals surface area contributed by atoms with E-state index in [9.17, 15) is 9.65 Å². The van der Waals surface area contributed by atoms with Gasteiger partial charge in [-0.1, -0.05) is 29.8 Å². The lowest BCUT2D eigenvalue weighted by molar-refractivity contribution is 0.181. The maximum absolute atomic E-state index is 14.1. The number of imidazole rings is 1. The maximum atomic E-state index is 14.1. The number of hydrogen-bond donors (Lipinski definition) is 0. The van der Waals surface area contributed by atoms with Crippen LogP contribution in [0.25, 0.3) is 11.2 Å². The average molecular weight is 500 g/mol. The van der Waals surface area contributed by atoms with Gasteiger partial charge in [-0.15, -0.1) is 0 Å². The first kappa shape index (κ1) is 22.8. The molecule has 4 aromatic rings. The van der Waals surface area contributed by atoms with Crippen molar-refractivity contribution < 1.29 is 13.9 Å². The summed E-state index contributed by atoms with van der Waals surface area (Å²) in [4.78, 5) is 4.72. The van der Waals surface area contributed by atoms with Gasteiger partial charge in [0.15, 0.2) is 0 Å². The predicted octanol–water partition coefficient (Wildman–Crippen LogP) is 6.49. The van der Waals surface area contributed by atoms with Gasteiger partial charge in [-0.3, -0.25) is 0 Å². The minimum atomic E-state index is -0.358. The number of aromatic nitrogens is 2. The summed E-state index contributed by atoms with van der Waals surface area (Å²) in [6, 6.07) is 17.0. The molecule has 0 radical (unpaired) electrons. The van der Waals surface area contributed by atoms with E-state index in [-0.39, 0.29) is 11.7 Å². The van der Waals surface area contributed by atoms with E-state index in [2.05, 4.69) is 24.3 Å². The van der Waals surface area contributed by atoms with Crippen molar-refractivity contribution in [3.63, 3.8) is 0 Å². The average Bonchev–Trinajstić information content (AvgIpc) is 3.67. The van der Waals surface area contributed by atoms with Crippen LogP contribution in [0.4, 0.5) is 4.39 Å². The molecule has 5 nitrogen and oxygen atoms in total. The second kappa shape index (κ2) is 9.09. The van der Waals surface area contributed by atoms with Crippen molar-refractivity contribution in [1.82, 2.24) is 9.38 Å². The highest BCUT2D eigenvalue weighted by Crippen LogP contribution is 2.46. The first-order valence-corrected chi connectivity index (χ1v) is 12.3. The summed E-state index contributed by atoms with van der Waals surface area (Å²) < 4.78 is 27.6. The Bertz CT molecular complexity index is 1580. The van der Waals surface area contributed by atoms with E-state index in [0.717, 1.165) is 63.3 Å². The molecule has 180 valence electrons. The standard InChI is InChI=1S/C29H23ClFN3O2/c1-35-16-25-26(34-9-8-20(30)12-28(34)33-25)11-17-2-6-22-19(10-17)15-36-27-13-21(31)5-7-23(27)29(22)24(14-32)18-3-4-18/h2,5-10,12-13,18H,3-4,11,15-16H2,1H3/b29-24-. The van der Waals surface area contributed by atoms with Crippen molar-refractivity contribution in [3.05, 3.63) is 105 Å². The summed E-state index contributed by atoms with van der Waals surface area (Å²) in [7, 11) is 1.65. The lowest BCUT2D eigenvalue weighted by atomic mass is 9.88. The molecular weight excluding hydrogens is 477 g/mol. The van der Waals surface area contributed by atoms with Crippen molar-refractivity contribution in [2.75, 3.05) is 7.11 Å². The molecule has 3 heterocycles. The molecule has 0 bridgehead atoms. The van der Waals surface area contributed by atoms with Crippen molar-refractivity contribution in [2.24, 2.45) is 5.92 Å². The molecule has 6 rings (SSSR count). The van der Waals surface area contributed by atoms with Gasteiger partial charge in [0.2, 0.25) is 0 Å². The molecule has 0 unspecified atom stereocenters. The van der Waals surface area contributed by atoms with E-state index < -0.39 is 0 Å². The van der Waals surface area contributed by atoms with E-state index in [0.29, 0.717) is 30.4 Å². The molecule has 36 heavy (non-hydrogen) atoms. The van der Waals surface area contributed by atoms with E-state index in [1.807, 2.05) is 22.7 Å². The topological polar surface area (TPSA) is 59.6 Å². The highest BCUT2D eigenvalue weighted by molar-refractivity contribution is 6.30. The predicted molar refractivity (Wildman–Crippen MR) is 135 cm³/mol. The molecule has 1 aliphatic heterocycles. The van der Waals surface area contributed by atoms with Crippen LogP contribution in [0.2, 0.25) is 5.02 Å². The minimum Gasteiger partial charge on any atom is -0.488 e. The molecule has 0 amide bonds. The molecule has 0 N–H and O–H groups in total. The second-order valence-electron chi connectivity index (χ2n) is 9.28. The number of ether oxygens (including phenoxy) is 2. The summed E-state index contributed by atoms with van der Waals surface area (Å²) in [5.41, 5.74) is 8.05. The number of nitrogens with zero attached hydrogens (tertiary/aromatic N) is 3. The Kier molecular flexibility index (Phi) is 5.75. The third-order valence-corrected chi connectivity index (χ3v) is 7.07. The fourth-order valence-corrected chi connectivity index (χ4v) is 5.16. The number of fused-ring (bicyclic) bond motifs is 3. The smallest absolute Gasteiger partial charge is 0.138 e. The van der Waals surface area contributed by atoms with Crippen molar-refractivity contribution in [1.29, 1.82) is 5.26 Å². The first-order valence-electron chi connectivity index (χ1n) is 11.9. The summed E-state index contributed by atoms with van der Waals surface area (Å²) in [5.74, 6) is 0.357. The van der Waals surface area contributed by atoms with Gasteiger partial charge in [-0.05, 0) is 53.6 Å². The molecule has 2 aromatic heterocycles. The van der Waals surface area contributed by atoms with Crippen LogP contribution < -0.4 is 4.74 Å². The molecule has 2 aromatic carbocycles. The Hall–Kier alpha value is -3.66. The summed E-state index contributed by atoms with van der Waals surface area (Å²) in [6.07, 6.45) is 4.55. The SMILES string of the molecule is COCc1nc2cc(Cl)ccn2c1Cc1ccc2c(c1)COc1cc(F)ccc1/C2=C(/C#N)C1CC1.